The molecule has 80 valence electrons. The SMILES string of the molecule is Cc1cc(Cl)c(Br)c(NC2=NCCN2)c1. The third-order valence-corrected chi connectivity index (χ3v) is 3.48. The standard InChI is InChI=1S/C10H11BrClN3/c1-6-4-7(12)9(11)8(5-6)15-10-13-2-3-14-10/h4-5H,2-3H2,1H3,(H2,13,14,15). The molecule has 0 amide bonds. The molecule has 1 aliphatic rings. The van der Waals surface area contributed by atoms with E-state index in [0.717, 1.165) is 34.8 Å². The quantitative estimate of drug-likeness (QED) is 0.834. The van der Waals surface area contributed by atoms with Gasteiger partial charge in [0, 0.05) is 6.54 Å². The van der Waals surface area contributed by atoms with Crippen molar-refractivity contribution < 1.29 is 0 Å². The van der Waals surface area contributed by atoms with E-state index in [4.69, 9.17) is 11.6 Å². The number of anilines is 1. The molecule has 0 radical (unpaired) electrons. The van der Waals surface area contributed by atoms with E-state index < -0.39 is 0 Å². The predicted molar refractivity (Wildman–Crippen MR) is 67.8 cm³/mol. The first-order valence-corrected chi connectivity index (χ1v) is 5.85. The normalized spacial score (nSPS) is 14.7. The Bertz CT molecular complexity index is 417. The molecule has 1 aromatic rings. The smallest absolute Gasteiger partial charge is 0.195 e. The predicted octanol–water partition coefficient (Wildman–Crippen LogP) is 2.78. The average molecular weight is 289 g/mol. The van der Waals surface area contributed by atoms with Crippen LogP contribution in [-0.4, -0.2) is 19.0 Å². The third kappa shape index (κ3) is 2.44. The number of nitrogens with one attached hydrogen (secondary N) is 2. The van der Waals surface area contributed by atoms with E-state index in [0.29, 0.717) is 5.02 Å². The fourth-order valence-electron chi connectivity index (χ4n) is 1.42. The van der Waals surface area contributed by atoms with Crippen LogP contribution in [0.5, 0.6) is 0 Å². The van der Waals surface area contributed by atoms with Gasteiger partial charge in [-0.15, -0.1) is 0 Å². The topological polar surface area (TPSA) is 36.4 Å². The van der Waals surface area contributed by atoms with Crippen LogP contribution in [0.2, 0.25) is 5.02 Å². The molecule has 0 aliphatic carbocycles. The van der Waals surface area contributed by atoms with Gasteiger partial charge in [-0.1, -0.05) is 11.6 Å². The molecule has 5 heteroatoms. The van der Waals surface area contributed by atoms with Crippen molar-refractivity contribution in [3.63, 3.8) is 0 Å². The van der Waals surface area contributed by atoms with Gasteiger partial charge in [0.2, 0.25) is 0 Å². The van der Waals surface area contributed by atoms with Crippen molar-refractivity contribution in [2.75, 3.05) is 18.4 Å². The highest BCUT2D eigenvalue weighted by Gasteiger charge is 2.09. The molecule has 0 saturated carbocycles. The summed E-state index contributed by atoms with van der Waals surface area (Å²) in [6, 6.07) is 3.94. The van der Waals surface area contributed by atoms with E-state index in [9.17, 15) is 0 Å². The lowest BCUT2D eigenvalue weighted by molar-refractivity contribution is 0.959. The Hall–Kier alpha value is -0.740. The van der Waals surface area contributed by atoms with E-state index in [1.54, 1.807) is 0 Å². The van der Waals surface area contributed by atoms with Crippen molar-refractivity contribution in [1.82, 2.24) is 5.32 Å². The summed E-state index contributed by atoms with van der Waals surface area (Å²) in [4.78, 5) is 4.26. The number of hydrogen-bond donors (Lipinski definition) is 2. The summed E-state index contributed by atoms with van der Waals surface area (Å²) in [5.74, 6) is 0.803. The summed E-state index contributed by atoms with van der Waals surface area (Å²) < 4.78 is 0.867. The number of guanidine groups is 1. The molecule has 0 atom stereocenters. The molecule has 0 spiro atoms. The van der Waals surface area contributed by atoms with Gasteiger partial charge in [0.25, 0.3) is 0 Å². The number of halogens is 2. The molecule has 0 saturated heterocycles. The molecule has 3 nitrogen and oxygen atoms in total. The van der Waals surface area contributed by atoms with Gasteiger partial charge in [-0.25, -0.2) is 0 Å². The minimum atomic E-state index is 0.705. The third-order valence-electron chi connectivity index (χ3n) is 2.10. The Balaban J connectivity index is 2.27. The Morgan fingerprint density at radius 2 is 2.33 bits per heavy atom. The molecule has 0 unspecified atom stereocenters. The summed E-state index contributed by atoms with van der Waals surface area (Å²) in [5.41, 5.74) is 2.05. The van der Waals surface area contributed by atoms with Crippen molar-refractivity contribution in [2.45, 2.75) is 6.92 Å². The van der Waals surface area contributed by atoms with Gasteiger partial charge in [0.15, 0.2) is 5.96 Å². The van der Waals surface area contributed by atoms with E-state index in [1.807, 2.05) is 19.1 Å². The maximum atomic E-state index is 6.06. The van der Waals surface area contributed by atoms with Crippen LogP contribution in [0.3, 0.4) is 0 Å². The largest absolute Gasteiger partial charge is 0.354 e. The maximum Gasteiger partial charge on any atom is 0.195 e. The lowest BCUT2D eigenvalue weighted by atomic mass is 10.2. The highest BCUT2D eigenvalue weighted by molar-refractivity contribution is 9.10. The molecule has 2 rings (SSSR count). The van der Waals surface area contributed by atoms with Crippen molar-refractivity contribution in [3.05, 3.63) is 27.2 Å². The van der Waals surface area contributed by atoms with Gasteiger partial charge in [-0.2, -0.15) is 0 Å². The Kier molecular flexibility index (Phi) is 3.17. The molecule has 1 aromatic carbocycles. The summed E-state index contributed by atoms with van der Waals surface area (Å²) in [6.45, 7) is 3.71. The Morgan fingerprint density at radius 1 is 1.53 bits per heavy atom. The molecule has 0 bridgehead atoms. The van der Waals surface area contributed by atoms with E-state index >= 15 is 0 Å². The molecule has 2 N–H and O–H groups in total. The fraction of sp³-hybridized carbons (Fsp3) is 0.300. The first kappa shape index (κ1) is 10.8. The molecular formula is C10H11BrClN3. The van der Waals surface area contributed by atoms with Crippen LogP contribution >= 0.6 is 27.5 Å². The van der Waals surface area contributed by atoms with E-state index in [2.05, 4.69) is 31.6 Å². The Labute approximate surface area is 102 Å². The summed E-state index contributed by atoms with van der Waals surface area (Å²) >= 11 is 9.50. The second kappa shape index (κ2) is 4.41. The first-order chi connectivity index (χ1) is 7.16. The molecule has 0 fully saturated rings. The summed E-state index contributed by atoms with van der Waals surface area (Å²) in [7, 11) is 0. The van der Waals surface area contributed by atoms with Crippen LogP contribution in [-0.2, 0) is 0 Å². The minimum absolute atomic E-state index is 0.705. The summed E-state index contributed by atoms with van der Waals surface area (Å²) in [5, 5.41) is 7.05. The minimum Gasteiger partial charge on any atom is -0.354 e. The molecule has 1 heterocycles. The highest BCUT2D eigenvalue weighted by Crippen LogP contribution is 2.31. The van der Waals surface area contributed by atoms with Crippen molar-refractivity contribution >= 4 is 39.2 Å². The van der Waals surface area contributed by atoms with Crippen molar-refractivity contribution in [2.24, 2.45) is 4.99 Å². The first-order valence-electron chi connectivity index (χ1n) is 4.68. The zero-order valence-corrected chi connectivity index (χ0v) is 10.6. The maximum absolute atomic E-state index is 6.06. The van der Waals surface area contributed by atoms with Crippen LogP contribution in [0.25, 0.3) is 0 Å². The average Bonchev–Trinajstić information content (AvgIpc) is 2.66. The van der Waals surface area contributed by atoms with E-state index in [-0.39, 0.29) is 0 Å². The number of nitrogens with zero attached hydrogens (tertiary/aromatic N) is 1. The zero-order chi connectivity index (χ0) is 10.8. The number of aryl methyl sites for hydroxylation is 1. The van der Waals surface area contributed by atoms with Crippen LogP contribution in [0, 0.1) is 6.92 Å². The molecule has 0 aromatic heterocycles. The molecular weight excluding hydrogens is 277 g/mol. The monoisotopic (exact) mass is 287 g/mol. The lowest BCUT2D eigenvalue weighted by Crippen LogP contribution is -2.26. The second-order valence-corrected chi connectivity index (χ2v) is 4.59. The van der Waals surface area contributed by atoms with Crippen molar-refractivity contribution in [3.8, 4) is 0 Å². The van der Waals surface area contributed by atoms with Crippen molar-refractivity contribution in [1.29, 1.82) is 0 Å². The van der Waals surface area contributed by atoms with Crippen LogP contribution < -0.4 is 10.6 Å². The highest BCUT2D eigenvalue weighted by atomic mass is 79.9. The number of hydrogen-bond acceptors (Lipinski definition) is 3. The van der Waals surface area contributed by atoms with Crippen LogP contribution in [0.1, 0.15) is 5.56 Å². The van der Waals surface area contributed by atoms with Gasteiger partial charge in [-0.05, 0) is 40.5 Å². The van der Waals surface area contributed by atoms with Gasteiger partial charge < -0.3 is 10.6 Å². The van der Waals surface area contributed by atoms with Crippen LogP contribution in [0.15, 0.2) is 21.6 Å². The fourth-order valence-corrected chi connectivity index (χ4v) is 2.03. The van der Waals surface area contributed by atoms with Gasteiger partial charge in [0.05, 0.1) is 21.7 Å². The number of benzene rings is 1. The molecule has 15 heavy (non-hydrogen) atoms. The van der Waals surface area contributed by atoms with Gasteiger partial charge >= 0.3 is 0 Å². The van der Waals surface area contributed by atoms with E-state index in [1.165, 1.54) is 0 Å². The Morgan fingerprint density at radius 3 is 3.00 bits per heavy atom. The number of rotatable bonds is 1. The zero-order valence-electron chi connectivity index (χ0n) is 8.27. The van der Waals surface area contributed by atoms with Gasteiger partial charge in [0.1, 0.15) is 0 Å². The van der Waals surface area contributed by atoms with Gasteiger partial charge in [-0.3, -0.25) is 4.99 Å². The number of aliphatic imine (C=N–C) groups is 1. The molecule has 1 aliphatic heterocycles. The van der Waals surface area contributed by atoms with Crippen LogP contribution in [0.4, 0.5) is 5.69 Å². The summed E-state index contributed by atoms with van der Waals surface area (Å²) in [6.07, 6.45) is 0. The lowest BCUT2D eigenvalue weighted by Gasteiger charge is -2.10. The second-order valence-electron chi connectivity index (χ2n) is 3.39.